The highest BCUT2D eigenvalue weighted by Gasteiger charge is 2.01. The molecule has 0 fully saturated rings. The maximum atomic E-state index is 10.6. The van der Waals surface area contributed by atoms with Crippen LogP contribution >= 0.6 is 11.6 Å². The topological polar surface area (TPSA) is 75.7 Å². The Balaban J connectivity index is 0.00000121. The molecule has 0 radical (unpaired) electrons. The number of aliphatic carboxylic acids is 1. The van der Waals surface area contributed by atoms with Crippen molar-refractivity contribution < 1.29 is 9.90 Å². The summed E-state index contributed by atoms with van der Waals surface area (Å²) in [5.41, 5.74) is 5.61. The number of hydrogen-bond donors (Lipinski definition) is 2. The number of aliphatic imine (C=N–C) groups is 1. The second kappa shape index (κ2) is 8.35. The summed E-state index contributed by atoms with van der Waals surface area (Å²) in [6.07, 6.45) is 2.16. The number of nitrogens with zero attached hydrogens (tertiary/aromatic N) is 1. The number of carboxylic acids is 1. The number of carboxylic acid groups (broad SMARTS) is 1. The van der Waals surface area contributed by atoms with Crippen molar-refractivity contribution in [3.8, 4) is 0 Å². The van der Waals surface area contributed by atoms with E-state index in [1.165, 1.54) is 6.21 Å². The van der Waals surface area contributed by atoms with Gasteiger partial charge < -0.3 is 10.8 Å². The van der Waals surface area contributed by atoms with E-state index in [9.17, 15) is 4.79 Å². The number of nitrogens with two attached hydrogens (primary N) is 1. The fourth-order valence-corrected chi connectivity index (χ4v) is 1.05. The van der Waals surface area contributed by atoms with Gasteiger partial charge in [-0.25, -0.2) is 4.79 Å². The Kier molecular flexibility index (Phi) is 7.46. The molecule has 0 saturated carbocycles. The van der Waals surface area contributed by atoms with Gasteiger partial charge in [-0.1, -0.05) is 31.5 Å². The third-order valence-electron chi connectivity index (χ3n) is 1.59. The summed E-state index contributed by atoms with van der Waals surface area (Å²) in [6.45, 7) is 4.00. The zero-order chi connectivity index (χ0) is 13.3. The average molecular weight is 255 g/mol. The molecule has 5 heteroatoms. The fourth-order valence-electron chi connectivity index (χ4n) is 0.870. The van der Waals surface area contributed by atoms with Gasteiger partial charge in [-0.05, 0) is 18.2 Å². The first kappa shape index (κ1) is 15.2. The average Bonchev–Trinajstić information content (AvgIpc) is 2.32. The lowest BCUT2D eigenvalue weighted by molar-refractivity contribution is -0.132. The van der Waals surface area contributed by atoms with E-state index in [0.29, 0.717) is 10.7 Å². The summed E-state index contributed by atoms with van der Waals surface area (Å²) >= 11 is 5.73. The molecule has 0 aliphatic heterocycles. The molecule has 0 atom stereocenters. The maximum Gasteiger partial charge on any atom is 0.338 e. The lowest BCUT2D eigenvalue weighted by Crippen LogP contribution is -2.03. The molecule has 1 aromatic carbocycles. The van der Waals surface area contributed by atoms with E-state index in [1.54, 1.807) is 24.3 Å². The van der Waals surface area contributed by atoms with E-state index in [2.05, 4.69) is 4.99 Å². The Morgan fingerprint density at radius 2 is 2.12 bits per heavy atom. The van der Waals surface area contributed by atoms with E-state index >= 15 is 0 Å². The Morgan fingerprint density at radius 1 is 1.47 bits per heavy atom. The molecule has 0 spiro atoms. The smallest absolute Gasteiger partial charge is 0.338 e. The Morgan fingerprint density at radius 3 is 2.59 bits per heavy atom. The lowest BCUT2D eigenvalue weighted by atomic mass is 10.3. The molecule has 0 aliphatic carbocycles. The highest BCUT2D eigenvalue weighted by molar-refractivity contribution is 6.30. The van der Waals surface area contributed by atoms with E-state index in [4.69, 9.17) is 22.4 Å². The first-order valence-corrected chi connectivity index (χ1v) is 5.46. The molecule has 1 aromatic rings. The summed E-state index contributed by atoms with van der Waals surface area (Å²) < 4.78 is 0. The summed E-state index contributed by atoms with van der Waals surface area (Å²) in [4.78, 5) is 14.5. The van der Waals surface area contributed by atoms with Crippen molar-refractivity contribution in [3.05, 3.63) is 41.1 Å². The number of hydrogen-bond acceptors (Lipinski definition) is 3. The van der Waals surface area contributed by atoms with Gasteiger partial charge in [0.2, 0.25) is 0 Å². The van der Waals surface area contributed by atoms with Crippen molar-refractivity contribution in [1.82, 2.24) is 0 Å². The summed E-state index contributed by atoms with van der Waals surface area (Å²) in [5, 5.41) is 9.18. The highest BCUT2D eigenvalue weighted by atomic mass is 35.5. The molecule has 0 saturated heterocycles. The Bertz CT molecular complexity index is 428. The fraction of sp³-hybridized carbons (Fsp3) is 0.167. The van der Waals surface area contributed by atoms with Crippen LogP contribution in [0.4, 0.5) is 5.69 Å². The minimum Gasteiger partial charge on any atom is -0.478 e. The third kappa shape index (κ3) is 5.73. The van der Waals surface area contributed by atoms with E-state index in [-0.39, 0.29) is 5.57 Å². The number of carbonyl (C=O) groups is 1. The van der Waals surface area contributed by atoms with Gasteiger partial charge >= 0.3 is 5.97 Å². The SMILES string of the molecule is CC.N/C=C(\C=Nc1cccc(Cl)c1)C(=O)O. The summed E-state index contributed by atoms with van der Waals surface area (Å²) in [6, 6.07) is 6.76. The van der Waals surface area contributed by atoms with E-state index in [0.717, 1.165) is 6.20 Å². The zero-order valence-electron chi connectivity index (χ0n) is 9.72. The van der Waals surface area contributed by atoms with Gasteiger partial charge in [-0.15, -0.1) is 0 Å². The van der Waals surface area contributed by atoms with Crippen LogP contribution in [0.5, 0.6) is 0 Å². The number of benzene rings is 1. The normalized spacial score (nSPS) is 10.9. The Hall–Kier alpha value is -1.81. The largest absolute Gasteiger partial charge is 0.478 e. The number of rotatable bonds is 3. The summed E-state index contributed by atoms with van der Waals surface area (Å²) in [7, 11) is 0. The summed E-state index contributed by atoms with van der Waals surface area (Å²) in [5.74, 6) is -1.12. The van der Waals surface area contributed by atoms with Crippen molar-refractivity contribution in [2.24, 2.45) is 10.7 Å². The van der Waals surface area contributed by atoms with Gasteiger partial charge in [-0.2, -0.15) is 0 Å². The van der Waals surface area contributed by atoms with Crippen molar-refractivity contribution in [2.45, 2.75) is 13.8 Å². The molecule has 4 nitrogen and oxygen atoms in total. The van der Waals surface area contributed by atoms with Crippen LogP contribution in [0.25, 0.3) is 0 Å². The molecule has 0 aliphatic rings. The van der Waals surface area contributed by atoms with Crippen LogP contribution in [0.3, 0.4) is 0 Å². The number of halogens is 1. The van der Waals surface area contributed by atoms with Crippen LogP contribution in [0, 0.1) is 0 Å². The first-order valence-electron chi connectivity index (χ1n) is 5.08. The molecule has 92 valence electrons. The minimum absolute atomic E-state index is 0.0741. The molecular formula is C12H15ClN2O2. The van der Waals surface area contributed by atoms with E-state index in [1.807, 2.05) is 13.8 Å². The molecule has 1 rings (SSSR count). The highest BCUT2D eigenvalue weighted by Crippen LogP contribution is 2.17. The molecule has 0 amide bonds. The van der Waals surface area contributed by atoms with Crippen molar-refractivity contribution in [1.29, 1.82) is 0 Å². The molecular weight excluding hydrogens is 240 g/mol. The quantitative estimate of drug-likeness (QED) is 0.643. The van der Waals surface area contributed by atoms with Gasteiger partial charge in [0, 0.05) is 17.4 Å². The molecule has 0 unspecified atom stereocenters. The van der Waals surface area contributed by atoms with E-state index < -0.39 is 5.97 Å². The van der Waals surface area contributed by atoms with Crippen LogP contribution in [0.2, 0.25) is 5.02 Å². The standard InChI is InChI=1S/C10H9ClN2O2.C2H6/c11-8-2-1-3-9(4-8)13-6-7(5-12)10(14)15;1-2/h1-6H,12H2,(H,14,15);1-2H3/b7-5+,13-6?;. The van der Waals surface area contributed by atoms with Crippen molar-refractivity contribution in [2.75, 3.05) is 0 Å². The third-order valence-corrected chi connectivity index (χ3v) is 1.82. The predicted molar refractivity (Wildman–Crippen MR) is 70.9 cm³/mol. The molecule has 0 heterocycles. The van der Waals surface area contributed by atoms with Crippen LogP contribution in [-0.4, -0.2) is 17.3 Å². The second-order valence-corrected chi connectivity index (χ2v) is 3.10. The van der Waals surface area contributed by atoms with Crippen molar-refractivity contribution in [3.63, 3.8) is 0 Å². The minimum atomic E-state index is -1.12. The van der Waals surface area contributed by atoms with Gasteiger partial charge in [0.1, 0.15) is 0 Å². The van der Waals surface area contributed by atoms with Crippen LogP contribution in [0.15, 0.2) is 41.0 Å². The van der Waals surface area contributed by atoms with Crippen molar-refractivity contribution >= 4 is 29.5 Å². The van der Waals surface area contributed by atoms with Gasteiger partial charge in [-0.3, -0.25) is 4.99 Å². The first-order chi connectivity index (χ1) is 8.13. The molecule has 0 bridgehead atoms. The molecule has 17 heavy (non-hydrogen) atoms. The molecule has 0 aromatic heterocycles. The molecule has 3 N–H and O–H groups in total. The van der Waals surface area contributed by atoms with Gasteiger partial charge in [0.25, 0.3) is 0 Å². The second-order valence-electron chi connectivity index (χ2n) is 2.67. The monoisotopic (exact) mass is 254 g/mol. The Labute approximate surface area is 105 Å². The van der Waals surface area contributed by atoms with Gasteiger partial charge in [0.05, 0.1) is 11.3 Å². The lowest BCUT2D eigenvalue weighted by Gasteiger charge is -1.94. The van der Waals surface area contributed by atoms with Crippen LogP contribution < -0.4 is 5.73 Å². The van der Waals surface area contributed by atoms with Gasteiger partial charge in [0.15, 0.2) is 0 Å². The zero-order valence-corrected chi connectivity index (χ0v) is 10.5. The maximum absolute atomic E-state index is 10.6. The predicted octanol–water partition coefficient (Wildman–Crippen LogP) is 3.00. The van der Waals surface area contributed by atoms with Crippen LogP contribution in [-0.2, 0) is 4.79 Å². The van der Waals surface area contributed by atoms with Crippen LogP contribution in [0.1, 0.15) is 13.8 Å².